The van der Waals surface area contributed by atoms with Crippen molar-refractivity contribution in [1.29, 1.82) is 0 Å². The zero-order valence-electron chi connectivity index (χ0n) is 22.7. The summed E-state index contributed by atoms with van der Waals surface area (Å²) in [4.78, 5) is 5.94. The van der Waals surface area contributed by atoms with E-state index >= 15 is 0 Å². The van der Waals surface area contributed by atoms with Crippen LogP contribution in [0.3, 0.4) is 0 Å². The van der Waals surface area contributed by atoms with E-state index in [1.165, 1.54) is 0 Å². The average molecular weight is 539 g/mol. The quantitative estimate of drug-likeness (QED) is 0.333. The maximum atomic E-state index is 11.7. The van der Waals surface area contributed by atoms with Crippen molar-refractivity contribution >= 4 is 15.8 Å². The standard InChI is InChI=1S/C15H14N4O.C13H24N2O2S/c1-19-15(16)13(11-3-2-4-12(20)9-11)14(18-19)10-5-7-17-8-6-10;1-5-7-13(8-6-2)9-12-18(16,17)14-10-11-15(3)4/h2-9,20H,16H2,1H3;5-9,14H,10-12H2,1-4H3/b;7-5-,8-6+,13-9?. The molecule has 0 saturated carbocycles. The number of benzene rings is 1. The van der Waals surface area contributed by atoms with Crippen molar-refractivity contribution in [2.45, 2.75) is 13.8 Å². The number of likely N-dealkylation sites (N-methyl/N-ethyl adjacent to an activating group) is 1. The molecule has 0 unspecified atom stereocenters. The molecule has 3 aromatic rings. The lowest BCUT2D eigenvalue weighted by Crippen LogP contribution is -2.32. The molecule has 0 spiro atoms. The number of rotatable bonds is 10. The second-order valence-electron chi connectivity index (χ2n) is 8.70. The lowest BCUT2D eigenvalue weighted by Gasteiger charge is -2.10. The number of aromatic nitrogens is 3. The SMILES string of the molecule is C/C=C\C(=CCS(=O)(=O)NCCN(C)C)/C=C/C.Cn1nc(-c2ccncc2)c(-c2cccc(O)c2)c1N. The van der Waals surface area contributed by atoms with Crippen LogP contribution < -0.4 is 10.5 Å². The minimum atomic E-state index is -3.23. The van der Waals surface area contributed by atoms with Gasteiger partial charge < -0.3 is 15.7 Å². The van der Waals surface area contributed by atoms with E-state index in [9.17, 15) is 13.5 Å². The highest BCUT2D eigenvalue weighted by Gasteiger charge is 2.17. The Morgan fingerprint density at radius 2 is 1.76 bits per heavy atom. The number of hydrogen-bond donors (Lipinski definition) is 3. The Kier molecular flexibility index (Phi) is 11.9. The van der Waals surface area contributed by atoms with Crippen LogP contribution >= 0.6 is 0 Å². The molecule has 0 saturated heterocycles. The molecule has 0 bridgehead atoms. The van der Waals surface area contributed by atoms with Crippen molar-refractivity contribution < 1.29 is 13.5 Å². The van der Waals surface area contributed by atoms with Crippen LogP contribution in [0, 0.1) is 0 Å². The van der Waals surface area contributed by atoms with E-state index in [1.807, 2.05) is 75.3 Å². The minimum absolute atomic E-state index is 0.00441. The highest BCUT2D eigenvalue weighted by molar-refractivity contribution is 7.89. The molecule has 2 heterocycles. The number of nitrogen functional groups attached to an aromatic ring is 1. The summed E-state index contributed by atoms with van der Waals surface area (Å²) in [5.74, 6) is 0.763. The Hall–Kier alpha value is -3.73. The Labute approximate surface area is 226 Å². The van der Waals surface area contributed by atoms with E-state index in [0.717, 1.165) is 28.0 Å². The first-order valence-corrected chi connectivity index (χ1v) is 13.8. The highest BCUT2D eigenvalue weighted by atomic mass is 32.2. The van der Waals surface area contributed by atoms with Gasteiger partial charge in [0.15, 0.2) is 0 Å². The summed E-state index contributed by atoms with van der Waals surface area (Å²) in [5, 5.41) is 14.1. The number of phenolic OH excluding ortho intramolecular Hbond substituents is 1. The van der Waals surface area contributed by atoms with Crippen LogP contribution in [0.25, 0.3) is 22.4 Å². The van der Waals surface area contributed by atoms with Gasteiger partial charge >= 0.3 is 0 Å². The number of nitrogens with one attached hydrogen (secondary N) is 1. The van der Waals surface area contributed by atoms with Crippen LogP contribution in [0.4, 0.5) is 5.82 Å². The lowest BCUT2D eigenvalue weighted by molar-refractivity contribution is 0.412. The van der Waals surface area contributed by atoms with E-state index in [1.54, 1.807) is 48.4 Å². The predicted octanol–water partition coefficient (Wildman–Crippen LogP) is 3.98. The molecule has 9 nitrogen and oxygen atoms in total. The smallest absolute Gasteiger partial charge is 0.215 e. The minimum Gasteiger partial charge on any atom is -0.508 e. The maximum Gasteiger partial charge on any atom is 0.215 e. The summed E-state index contributed by atoms with van der Waals surface area (Å²) in [6.07, 6.45) is 12.7. The summed E-state index contributed by atoms with van der Waals surface area (Å²) in [7, 11) is 2.38. The Morgan fingerprint density at radius 1 is 1.11 bits per heavy atom. The Bertz CT molecular complexity index is 1350. The van der Waals surface area contributed by atoms with Gasteiger partial charge in [-0.25, -0.2) is 13.1 Å². The van der Waals surface area contributed by atoms with Crippen LogP contribution in [0.2, 0.25) is 0 Å². The van der Waals surface area contributed by atoms with Crippen LogP contribution in [0.15, 0.2) is 84.7 Å². The molecule has 0 aliphatic carbocycles. The molecule has 0 aliphatic rings. The van der Waals surface area contributed by atoms with Gasteiger partial charge in [0.2, 0.25) is 10.0 Å². The molecular formula is C28H38N6O3S. The Balaban J connectivity index is 0.000000269. The van der Waals surface area contributed by atoms with Crippen molar-refractivity contribution in [3.63, 3.8) is 0 Å². The molecule has 0 amide bonds. The van der Waals surface area contributed by atoms with Gasteiger partial charge in [-0.1, -0.05) is 42.5 Å². The summed E-state index contributed by atoms with van der Waals surface area (Å²) in [5.41, 5.74) is 10.4. The largest absolute Gasteiger partial charge is 0.508 e. The number of aryl methyl sites for hydroxylation is 1. The lowest BCUT2D eigenvalue weighted by atomic mass is 10.0. The fraction of sp³-hybridized carbons (Fsp3) is 0.286. The van der Waals surface area contributed by atoms with E-state index < -0.39 is 10.0 Å². The van der Waals surface area contributed by atoms with Crippen LogP contribution in [0.1, 0.15) is 13.8 Å². The van der Waals surface area contributed by atoms with Gasteiger partial charge in [0.25, 0.3) is 0 Å². The summed E-state index contributed by atoms with van der Waals surface area (Å²) in [6, 6.07) is 10.8. The summed E-state index contributed by atoms with van der Waals surface area (Å²) >= 11 is 0. The van der Waals surface area contributed by atoms with E-state index in [4.69, 9.17) is 5.73 Å². The van der Waals surface area contributed by atoms with Gasteiger partial charge in [-0.2, -0.15) is 5.10 Å². The van der Waals surface area contributed by atoms with E-state index in [0.29, 0.717) is 18.9 Å². The fourth-order valence-corrected chi connectivity index (χ4v) is 4.39. The first kappa shape index (κ1) is 30.5. The zero-order chi connectivity index (χ0) is 28.1. The monoisotopic (exact) mass is 538 g/mol. The molecule has 204 valence electrons. The molecule has 3 rings (SSSR count). The highest BCUT2D eigenvalue weighted by Crippen LogP contribution is 2.36. The van der Waals surface area contributed by atoms with Crippen molar-refractivity contribution in [3.05, 3.63) is 84.7 Å². The summed E-state index contributed by atoms with van der Waals surface area (Å²) < 4.78 is 27.6. The van der Waals surface area contributed by atoms with Gasteiger partial charge in [-0.05, 0) is 63.3 Å². The molecule has 1 aromatic carbocycles. The average Bonchev–Trinajstić information content (AvgIpc) is 3.17. The normalized spacial score (nSPS) is 12.3. The number of anilines is 1. The van der Waals surface area contributed by atoms with Gasteiger partial charge in [0, 0.05) is 38.1 Å². The number of phenols is 1. The van der Waals surface area contributed by atoms with Crippen molar-refractivity contribution in [3.8, 4) is 28.1 Å². The molecule has 0 radical (unpaired) electrons. The maximum absolute atomic E-state index is 11.7. The topological polar surface area (TPSA) is 126 Å². The second-order valence-corrected chi connectivity index (χ2v) is 10.6. The molecule has 10 heteroatoms. The number of hydrogen-bond acceptors (Lipinski definition) is 7. The van der Waals surface area contributed by atoms with Gasteiger partial charge in [0.05, 0.1) is 11.3 Å². The number of nitrogens with two attached hydrogens (primary N) is 1. The van der Waals surface area contributed by atoms with Crippen LogP contribution in [0.5, 0.6) is 5.75 Å². The summed E-state index contributed by atoms with van der Waals surface area (Å²) in [6.45, 7) is 4.94. The van der Waals surface area contributed by atoms with E-state index in [-0.39, 0.29) is 11.5 Å². The van der Waals surface area contributed by atoms with Crippen molar-refractivity contribution in [2.24, 2.45) is 7.05 Å². The molecule has 0 fully saturated rings. The Morgan fingerprint density at radius 3 is 2.34 bits per heavy atom. The van der Waals surface area contributed by atoms with Gasteiger partial charge in [-0.15, -0.1) is 0 Å². The third-order valence-corrected chi connectivity index (χ3v) is 6.57. The molecule has 4 N–H and O–H groups in total. The molecule has 2 aromatic heterocycles. The number of allylic oxidation sites excluding steroid dienone is 5. The van der Waals surface area contributed by atoms with Crippen molar-refractivity contribution in [1.82, 2.24) is 24.4 Å². The molecule has 38 heavy (non-hydrogen) atoms. The number of sulfonamides is 1. The first-order chi connectivity index (χ1) is 18.1. The van der Waals surface area contributed by atoms with Gasteiger partial charge in [0.1, 0.15) is 17.3 Å². The molecular weight excluding hydrogens is 500 g/mol. The number of pyridine rings is 1. The predicted molar refractivity (Wildman–Crippen MR) is 156 cm³/mol. The van der Waals surface area contributed by atoms with Crippen LogP contribution in [-0.2, 0) is 17.1 Å². The van der Waals surface area contributed by atoms with E-state index in [2.05, 4.69) is 14.8 Å². The second kappa shape index (κ2) is 14.9. The molecule has 0 atom stereocenters. The first-order valence-electron chi connectivity index (χ1n) is 12.2. The fourth-order valence-electron chi connectivity index (χ4n) is 3.46. The molecule has 0 aliphatic heterocycles. The number of aromatic hydroxyl groups is 1. The van der Waals surface area contributed by atoms with Crippen molar-refractivity contribution in [2.75, 3.05) is 38.7 Å². The van der Waals surface area contributed by atoms with Crippen LogP contribution in [-0.4, -0.2) is 66.1 Å². The zero-order valence-corrected chi connectivity index (χ0v) is 23.5. The van der Waals surface area contributed by atoms with Gasteiger partial charge in [-0.3, -0.25) is 9.67 Å². The third kappa shape index (κ3) is 9.62. The number of nitrogens with zero attached hydrogens (tertiary/aromatic N) is 4. The third-order valence-electron chi connectivity index (χ3n) is 5.32.